The third-order valence-electron chi connectivity index (χ3n) is 5.33. The second-order valence-electron chi connectivity index (χ2n) is 7.71. The van der Waals surface area contributed by atoms with E-state index in [1.807, 2.05) is 67.3 Å². The Morgan fingerprint density at radius 2 is 1.74 bits per heavy atom. The summed E-state index contributed by atoms with van der Waals surface area (Å²) in [6, 6.07) is 15.2. The number of hydrogen-bond acceptors (Lipinski definition) is 5. The Labute approximate surface area is 182 Å². The van der Waals surface area contributed by atoms with Gasteiger partial charge in [-0.1, -0.05) is 18.2 Å². The molecule has 1 saturated heterocycles. The Morgan fingerprint density at radius 1 is 1.03 bits per heavy atom. The number of morpholine rings is 1. The van der Waals surface area contributed by atoms with E-state index in [1.54, 1.807) is 25.1 Å². The van der Waals surface area contributed by atoms with E-state index < -0.39 is 0 Å². The van der Waals surface area contributed by atoms with Gasteiger partial charge in [0.05, 0.1) is 37.7 Å². The van der Waals surface area contributed by atoms with Crippen molar-refractivity contribution in [3.05, 3.63) is 60.3 Å². The third-order valence-corrected chi connectivity index (χ3v) is 5.33. The highest BCUT2D eigenvalue weighted by atomic mass is 16.5. The molecule has 0 N–H and O–H groups in total. The van der Waals surface area contributed by atoms with Gasteiger partial charge in [-0.05, 0) is 44.2 Å². The Balaban J connectivity index is 1.84. The van der Waals surface area contributed by atoms with Crippen molar-refractivity contribution in [2.24, 2.45) is 0 Å². The van der Waals surface area contributed by atoms with Crippen LogP contribution in [0.5, 0.6) is 11.5 Å². The summed E-state index contributed by atoms with van der Waals surface area (Å²) in [4.78, 5) is 15.5. The van der Waals surface area contributed by atoms with Crippen molar-refractivity contribution in [3.8, 4) is 28.4 Å². The number of nitrogens with zero attached hydrogens (tertiary/aromatic N) is 3. The highest BCUT2D eigenvalue weighted by molar-refractivity contribution is 6.00. The molecule has 0 aliphatic carbocycles. The number of rotatable bonds is 5. The van der Waals surface area contributed by atoms with Crippen molar-refractivity contribution < 1.29 is 19.0 Å². The van der Waals surface area contributed by atoms with Crippen molar-refractivity contribution in [1.29, 1.82) is 0 Å². The van der Waals surface area contributed by atoms with Gasteiger partial charge in [0.2, 0.25) is 0 Å². The Kier molecular flexibility index (Phi) is 5.95. The molecule has 3 aromatic rings. The highest BCUT2D eigenvalue weighted by Gasteiger charge is 2.30. The standard InChI is InChI=1S/C24H27N3O4/c1-16-13-26(14-17(2)31-16)24(28)21-15-27(18-8-6-5-7-9-18)25-23(21)20-12-19(29-3)10-11-22(20)30-4/h5-12,15-17H,13-14H2,1-4H3/t16-,17-/m1/s1. The quantitative estimate of drug-likeness (QED) is 0.627. The Morgan fingerprint density at radius 3 is 2.39 bits per heavy atom. The van der Waals surface area contributed by atoms with Gasteiger partial charge in [0, 0.05) is 24.8 Å². The van der Waals surface area contributed by atoms with Gasteiger partial charge in [-0.25, -0.2) is 4.68 Å². The van der Waals surface area contributed by atoms with E-state index in [1.165, 1.54) is 0 Å². The molecule has 162 valence electrons. The van der Waals surface area contributed by atoms with Gasteiger partial charge < -0.3 is 19.1 Å². The number of benzene rings is 2. The van der Waals surface area contributed by atoms with Crippen LogP contribution in [0, 0.1) is 0 Å². The molecular formula is C24H27N3O4. The number of carbonyl (C=O) groups is 1. The maximum absolute atomic E-state index is 13.6. The fourth-order valence-electron chi connectivity index (χ4n) is 3.96. The summed E-state index contributed by atoms with van der Waals surface area (Å²) in [6.07, 6.45) is 1.75. The fourth-order valence-corrected chi connectivity index (χ4v) is 3.96. The first kappa shape index (κ1) is 20.9. The summed E-state index contributed by atoms with van der Waals surface area (Å²) < 4.78 is 18.5. The molecule has 7 heteroatoms. The number of hydrogen-bond donors (Lipinski definition) is 0. The van der Waals surface area contributed by atoms with Crippen LogP contribution in [0.15, 0.2) is 54.7 Å². The minimum absolute atomic E-state index is 0.0216. The van der Waals surface area contributed by atoms with Crippen LogP contribution >= 0.6 is 0 Å². The average Bonchev–Trinajstić information content (AvgIpc) is 3.23. The van der Waals surface area contributed by atoms with Crippen LogP contribution in [0.25, 0.3) is 16.9 Å². The largest absolute Gasteiger partial charge is 0.497 e. The topological polar surface area (TPSA) is 65.8 Å². The van der Waals surface area contributed by atoms with Crippen molar-refractivity contribution >= 4 is 5.91 Å². The van der Waals surface area contributed by atoms with Gasteiger partial charge in [-0.2, -0.15) is 5.10 Å². The summed E-state index contributed by atoms with van der Waals surface area (Å²) in [5, 5.41) is 4.79. The smallest absolute Gasteiger partial charge is 0.257 e. The monoisotopic (exact) mass is 421 g/mol. The highest BCUT2D eigenvalue weighted by Crippen LogP contribution is 2.35. The average molecular weight is 421 g/mol. The van der Waals surface area contributed by atoms with E-state index in [0.717, 1.165) is 5.69 Å². The number of ether oxygens (including phenoxy) is 3. The zero-order valence-electron chi connectivity index (χ0n) is 18.2. The van der Waals surface area contributed by atoms with Gasteiger partial charge in [0.1, 0.15) is 17.2 Å². The van der Waals surface area contributed by atoms with Crippen molar-refractivity contribution in [2.75, 3.05) is 27.3 Å². The molecule has 0 bridgehead atoms. The Hall–Kier alpha value is -3.32. The Bertz CT molecular complexity index is 1050. The molecule has 31 heavy (non-hydrogen) atoms. The van der Waals surface area contributed by atoms with Crippen molar-refractivity contribution in [2.45, 2.75) is 26.1 Å². The van der Waals surface area contributed by atoms with Crippen LogP contribution in [0.1, 0.15) is 24.2 Å². The normalized spacial score (nSPS) is 18.6. The van der Waals surface area contributed by atoms with Crippen LogP contribution in [0.4, 0.5) is 0 Å². The molecule has 0 unspecified atom stereocenters. The van der Waals surface area contributed by atoms with Crippen molar-refractivity contribution in [3.63, 3.8) is 0 Å². The van der Waals surface area contributed by atoms with E-state index in [2.05, 4.69) is 0 Å². The minimum atomic E-state index is -0.0796. The molecule has 1 fully saturated rings. The fraction of sp³-hybridized carbons (Fsp3) is 0.333. The lowest BCUT2D eigenvalue weighted by atomic mass is 10.0. The van der Waals surface area contributed by atoms with Gasteiger partial charge in [0.15, 0.2) is 0 Å². The minimum Gasteiger partial charge on any atom is -0.497 e. The molecule has 4 rings (SSSR count). The predicted octanol–water partition coefficient (Wildman–Crippen LogP) is 3.81. The second-order valence-corrected chi connectivity index (χ2v) is 7.71. The number of aromatic nitrogens is 2. The molecule has 2 atom stereocenters. The molecule has 1 amide bonds. The van der Waals surface area contributed by atoms with Crippen LogP contribution in [-0.4, -0.2) is 60.1 Å². The molecule has 1 aromatic heterocycles. The van der Waals surface area contributed by atoms with Crippen LogP contribution < -0.4 is 9.47 Å². The molecule has 1 aliphatic heterocycles. The van der Waals surface area contributed by atoms with E-state index in [0.29, 0.717) is 41.4 Å². The number of carbonyl (C=O) groups excluding carboxylic acids is 1. The van der Waals surface area contributed by atoms with Crippen LogP contribution in [0.2, 0.25) is 0 Å². The third kappa shape index (κ3) is 4.27. The summed E-state index contributed by atoms with van der Waals surface area (Å²) >= 11 is 0. The lowest BCUT2D eigenvalue weighted by molar-refractivity contribution is -0.0586. The molecule has 2 heterocycles. The summed E-state index contributed by atoms with van der Waals surface area (Å²) in [6.45, 7) is 5.04. The molecular weight excluding hydrogens is 394 g/mol. The van der Waals surface area contributed by atoms with E-state index >= 15 is 0 Å². The summed E-state index contributed by atoms with van der Waals surface area (Å²) in [5.41, 5.74) is 2.63. The molecule has 1 aliphatic rings. The predicted molar refractivity (Wildman–Crippen MR) is 118 cm³/mol. The van der Waals surface area contributed by atoms with Gasteiger partial charge >= 0.3 is 0 Å². The van der Waals surface area contributed by atoms with E-state index in [-0.39, 0.29) is 18.1 Å². The van der Waals surface area contributed by atoms with E-state index in [4.69, 9.17) is 19.3 Å². The first-order chi connectivity index (χ1) is 15.0. The lowest BCUT2D eigenvalue weighted by Crippen LogP contribution is -2.48. The molecule has 7 nitrogen and oxygen atoms in total. The second kappa shape index (κ2) is 8.81. The van der Waals surface area contributed by atoms with Gasteiger partial charge in [0.25, 0.3) is 5.91 Å². The number of methoxy groups -OCH3 is 2. The van der Waals surface area contributed by atoms with Crippen molar-refractivity contribution in [1.82, 2.24) is 14.7 Å². The van der Waals surface area contributed by atoms with Crippen LogP contribution in [-0.2, 0) is 4.74 Å². The SMILES string of the molecule is COc1ccc(OC)c(-c2nn(-c3ccccc3)cc2C(=O)N2C[C@@H](C)O[C@H](C)C2)c1. The first-order valence-electron chi connectivity index (χ1n) is 10.3. The first-order valence-corrected chi connectivity index (χ1v) is 10.3. The maximum Gasteiger partial charge on any atom is 0.257 e. The van der Waals surface area contributed by atoms with Gasteiger partial charge in [-0.15, -0.1) is 0 Å². The summed E-state index contributed by atoms with van der Waals surface area (Å²) in [7, 11) is 3.21. The van der Waals surface area contributed by atoms with E-state index in [9.17, 15) is 4.79 Å². The molecule has 0 spiro atoms. The molecule has 0 saturated carbocycles. The van der Waals surface area contributed by atoms with Gasteiger partial charge in [-0.3, -0.25) is 4.79 Å². The maximum atomic E-state index is 13.6. The zero-order chi connectivity index (χ0) is 22.0. The zero-order valence-corrected chi connectivity index (χ0v) is 18.2. The molecule has 2 aromatic carbocycles. The number of amides is 1. The van der Waals surface area contributed by atoms with Crippen LogP contribution in [0.3, 0.4) is 0 Å². The lowest BCUT2D eigenvalue weighted by Gasteiger charge is -2.35. The molecule has 0 radical (unpaired) electrons. The number of para-hydroxylation sites is 1. The summed E-state index contributed by atoms with van der Waals surface area (Å²) in [5.74, 6) is 1.21.